The summed E-state index contributed by atoms with van der Waals surface area (Å²) in [4.78, 5) is 16.7. The highest BCUT2D eigenvalue weighted by Crippen LogP contribution is 2.15. The minimum Gasteiger partial charge on any atom is -0.487 e. The number of pyridine rings is 1. The highest BCUT2D eigenvalue weighted by atomic mass is 16.5. The first-order valence-corrected chi connectivity index (χ1v) is 8.13. The number of imidazole rings is 1. The van der Waals surface area contributed by atoms with Crippen molar-refractivity contribution in [2.75, 3.05) is 6.54 Å². The van der Waals surface area contributed by atoms with Gasteiger partial charge >= 0.3 is 0 Å². The monoisotopic (exact) mass is 338 g/mol. The van der Waals surface area contributed by atoms with E-state index in [1.54, 1.807) is 18.2 Å². The second-order valence-electron chi connectivity index (χ2n) is 6.69. The number of carbonyl (C=O) groups is 1. The van der Waals surface area contributed by atoms with Gasteiger partial charge in [0.15, 0.2) is 0 Å². The van der Waals surface area contributed by atoms with E-state index < -0.39 is 5.54 Å². The molecule has 3 rings (SSSR count). The van der Waals surface area contributed by atoms with Gasteiger partial charge in [0, 0.05) is 30.0 Å². The average Bonchev–Trinajstić information content (AvgIpc) is 3.00. The van der Waals surface area contributed by atoms with Crippen molar-refractivity contribution in [1.29, 1.82) is 0 Å². The van der Waals surface area contributed by atoms with Crippen molar-refractivity contribution >= 4 is 11.6 Å². The average molecular weight is 338 g/mol. The zero-order chi connectivity index (χ0) is 17.9. The lowest BCUT2D eigenvalue weighted by atomic mass is 10.1. The van der Waals surface area contributed by atoms with Gasteiger partial charge in [-0.1, -0.05) is 12.1 Å². The number of nitrogens with zero attached hydrogens (tertiary/aromatic N) is 2. The summed E-state index contributed by atoms with van der Waals surface area (Å²) in [7, 11) is 0. The number of carbonyl (C=O) groups excluding carboxylic acids is 1. The van der Waals surface area contributed by atoms with Crippen LogP contribution in [-0.2, 0) is 6.61 Å². The number of hydrogen-bond acceptors (Lipinski definition) is 4. The van der Waals surface area contributed by atoms with E-state index >= 15 is 0 Å². The van der Waals surface area contributed by atoms with Crippen molar-refractivity contribution < 1.29 is 9.53 Å². The van der Waals surface area contributed by atoms with Gasteiger partial charge in [0.05, 0.1) is 5.69 Å². The molecule has 3 aromatic rings. The standard InChI is InChI=1S/C19H22N4O2/c1-19(2,20)13-21-18(24)14-6-5-7-16(10-14)25-12-15-11-23-9-4-3-8-17(23)22-15/h3-11H,12-13,20H2,1-2H3,(H,21,24). The predicted molar refractivity (Wildman–Crippen MR) is 96.6 cm³/mol. The number of aromatic nitrogens is 2. The molecule has 0 unspecified atom stereocenters. The fourth-order valence-corrected chi connectivity index (χ4v) is 2.35. The quantitative estimate of drug-likeness (QED) is 0.723. The predicted octanol–water partition coefficient (Wildman–Crippen LogP) is 2.38. The molecule has 0 aliphatic rings. The van der Waals surface area contributed by atoms with Crippen molar-refractivity contribution in [3.05, 3.63) is 66.1 Å². The van der Waals surface area contributed by atoms with Crippen LogP contribution in [0.15, 0.2) is 54.9 Å². The molecule has 1 aromatic carbocycles. The highest BCUT2D eigenvalue weighted by molar-refractivity contribution is 5.94. The van der Waals surface area contributed by atoms with Crippen LogP contribution in [0.3, 0.4) is 0 Å². The van der Waals surface area contributed by atoms with E-state index in [-0.39, 0.29) is 5.91 Å². The lowest BCUT2D eigenvalue weighted by Gasteiger charge is -2.19. The zero-order valence-corrected chi connectivity index (χ0v) is 14.4. The number of rotatable bonds is 6. The van der Waals surface area contributed by atoms with Gasteiger partial charge < -0.3 is 20.2 Å². The molecule has 0 bridgehead atoms. The molecule has 0 aliphatic carbocycles. The Bertz CT molecular complexity index is 847. The molecule has 2 heterocycles. The molecule has 130 valence electrons. The van der Waals surface area contributed by atoms with Gasteiger partial charge in [0.2, 0.25) is 0 Å². The molecule has 6 nitrogen and oxygen atoms in total. The molecule has 0 saturated carbocycles. The van der Waals surface area contributed by atoms with E-state index in [4.69, 9.17) is 10.5 Å². The van der Waals surface area contributed by atoms with E-state index in [1.165, 1.54) is 0 Å². The van der Waals surface area contributed by atoms with Gasteiger partial charge in [-0.05, 0) is 44.2 Å². The van der Waals surface area contributed by atoms with Gasteiger partial charge in [-0.3, -0.25) is 4.79 Å². The minimum absolute atomic E-state index is 0.170. The number of nitrogens with one attached hydrogen (secondary N) is 1. The van der Waals surface area contributed by atoms with E-state index in [9.17, 15) is 4.79 Å². The van der Waals surface area contributed by atoms with Crippen molar-refractivity contribution in [3.8, 4) is 5.75 Å². The van der Waals surface area contributed by atoms with E-state index in [0.717, 1.165) is 11.3 Å². The Balaban J connectivity index is 1.64. The van der Waals surface area contributed by atoms with Crippen LogP contribution in [0, 0.1) is 0 Å². The maximum Gasteiger partial charge on any atom is 0.251 e. The van der Waals surface area contributed by atoms with Crippen LogP contribution < -0.4 is 15.8 Å². The smallest absolute Gasteiger partial charge is 0.251 e. The van der Waals surface area contributed by atoms with Gasteiger partial charge in [-0.15, -0.1) is 0 Å². The third-order valence-electron chi connectivity index (χ3n) is 3.60. The molecular formula is C19H22N4O2. The molecule has 6 heteroatoms. The highest BCUT2D eigenvalue weighted by Gasteiger charge is 2.13. The lowest BCUT2D eigenvalue weighted by molar-refractivity contribution is 0.0945. The Morgan fingerprint density at radius 2 is 2.12 bits per heavy atom. The zero-order valence-electron chi connectivity index (χ0n) is 14.4. The van der Waals surface area contributed by atoms with Crippen molar-refractivity contribution in [2.24, 2.45) is 5.73 Å². The van der Waals surface area contributed by atoms with Crippen LogP contribution in [0.4, 0.5) is 0 Å². The fraction of sp³-hybridized carbons (Fsp3) is 0.263. The Morgan fingerprint density at radius 1 is 1.28 bits per heavy atom. The molecule has 0 aliphatic heterocycles. The van der Waals surface area contributed by atoms with E-state index in [2.05, 4.69) is 10.3 Å². The van der Waals surface area contributed by atoms with Crippen LogP contribution in [0.2, 0.25) is 0 Å². The van der Waals surface area contributed by atoms with Crippen LogP contribution in [0.5, 0.6) is 5.75 Å². The Labute approximate surface area is 146 Å². The summed E-state index contributed by atoms with van der Waals surface area (Å²) in [6.45, 7) is 4.46. The molecule has 0 saturated heterocycles. The fourth-order valence-electron chi connectivity index (χ4n) is 2.35. The van der Waals surface area contributed by atoms with Crippen LogP contribution >= 0.6 is 0 Å². The van der Waals surface area contributed by atoms with Crippen LogP contribution in [0.25, 0.3) is 5.65 Å². The topological polar surface area (TPSA) is 81.6 Å². The van der Waals surface area contributed by atoms with Gasteiger partial charge in [-0.25, -0.2) is 4.98 Å². The largest absolute Gasteiger partial charge is 0.487 e. The first-order chi connectivity index (χ1) is 11.9. The number of fused-ring (bicyclic) bond motifs is 1. The molecule has 2 aromatic heterocycles. The molecule has 0 radical (unpaired) electrons. The summed E-state index contributed by atoms with van der Waals surface area (Å²) in [6, 6.07) is 12.9. The summed E-state index contributed by atoms with van der Waals surface area (Å²) in [5, 5.41) is 2.82. The second kappa shape index (κ2) is 6.94. The second-order valence-corrected chi connectivity index (χ2v) is 6.69. The third kappa shape index (κ3) is 4.58. The first kappa shape index (κ1) is 17.0. The summed E-state index contributed by atoms with van der Waals surface area (Å²) < 4.78 is 7.72. The maximum atomic E-state index is 12.2. The molecule has 25 heavy (non-hydrogen) atoms. The maximum absolute atomic E-state index is 12.2. The summed E-state index contributed by atoms with van der Waals surface area (Å²) >= 11 is 0. The number of benzene rings is 1. The molecule has 0 atom stereocenters. The first-order valence-electron chi connectivity index (χ1n) is 8.13. The SMILES string of the molecule is CC(C)(N)CNC(=O)c1cccc(OCc2cn3ccccc3n2)c1. The number of ether oxygens (including phenoxy) is 1. The van der Waals surface area contributed by atoms with Crippen molar-refractivity contribution in [2.45, 2.75) is 26.0 Å². The Morgan fingerprint density at radius 3 is 2.88 bits per heavy atom. The third-order valence-corrected chi connectivity index (χ3v) is 3.60. The van der Waals surface area contributed by atoms with E-state index in [1.807, 2.05) is 54.9 Å². The van der Waals surface area contributed by atoms with Crippen molar-refractivity contribution in [1.82, 2.24) is 14.7 Å². The molecule has 0 fully saturated rings. The molecule has 3 N–H and O–H groups in total. The Hall–Kier alpha value is -2.86. The lowest BCUT2D eigenvalue weighted by Crippen LogP contribution is -2.45. The summed E-state index contributed by atoms with van der Waals surface area (Å²) in [5.41, 5.74) is 7.67. The molecular weight excluding hydrogens is 316 g/mol. The van der Waals surface area contributed by atoms with Crippen LogP contribution in [0.1, 0.15) is 29.9 Å². The number of hydrogen-bond donors (Lipinski definition) is 2. The number of amides is 1. The summed E-state index contributed by atoms with van der Waals surface area (Å²) in [6.07, 6.45) is 3.87. The molecule has 1 amide bonds. The minimum atomic E-state index is -0.451. The van der Waals surface area contributed by atoms with E-state index in [0.29, 0.717) is 24.5 Å². The van der Waals surface area contributed by atoms with Gasteiger partial charge in [0.1, 0.15) is 18.0 Å². The van der Waals surface area contributed by atoms with Crippen LogP contribution in [-0.4, -0.2) is 27.4 Å². The molecule has 0 spiro atoms. The van der Waals surface area contributed by atoms with Gasteiger partial charge in [0.25, 0.3) is 5.91 Å². The van der Waals surface area contributed by atoms with Crippen molar-refractivity contribution in [3.63, 3.8) is 0 Å². The normalized spacial score (nSPS) is 11.5. The van der Waals surface area contributed by atoms with Gasteiger partial charge in [-0.2, -0.15) is 0 Å². The summed E-state index contributed by atoms with van der Waals surface area (Å²) in [5.74, 6) is 0.452. The Kier molecular flexibility index (Phi) is 4.72. The number of nitrogens with two attached hydrogens (primary N) is 1.